The Morgan fingerprint density at radius 2 is 1.16 bits per heavy atom. The average Bonchev–Trinajstić information content (AvgIpc) is 3.95. The van der Waals surface area contributed by atoms with Gasteiger partial charge in [0, 0.05) is 13.0 Å². The highest BCUT2D eigenvalue weighted by molar-refractivity contribution is 7.45. The Labute approximate surface area is 355 Å². The second-order valence-electron chi connectivity index (χ2n) is 16.4. The number of nitrogens with zero attached hydrogens (tertiary/aromatic N) is 1. The third-order valence-electron chi connectivity index (χ3n) is 9.73. The van der Waals surface area contributed by atoms with Crippen LogP contribution in [0.15, 0.2) is 72.9 Å². The van der Waals surface area contributed by atoms with Crippen LogP contribution >= 0.6 is 7.82 Å². The zero-order valence-corrected chi connectivity index (χ0v) is 38.3. The van der Waals surface area contributed by atoms with E-state index >= 15 is 0 Å². The molecule has 1 aliphatic rings. The van der Waals surface area contributed by atoms with E-state index in [1.165, 1.54) is 70.6 Å². The number of ether oxygens (including phenoxy) is 3. The molecule has 0 amide bonds. The molecule has 58 heavy (non-hydrogen) atoms. The van der Waals surface area contributed by atoms with Gasteiger partial charge in [-0.1, -0.05) is 145 Å². The minimum atomic E-state index is -4.55. The molecule has 4 atom stereocenters. The van der Waals surface area contributed by atoms with Gasteiger partial charge in [0.05, 0.1) is 46.6 Å². The van der Waals surface area contributed by atoms with E-state index in [2.05, 4.69) is 74.6 Å². The highest BCUT2D eigenvalue weighted by Gasteiger charge is 2.35. The van der Waals surface area contributed by atoms with Crippen LogP contribution in [0.2, 0.25) is 0 Å². The summed E-state index contributed by atoms with van der Waals surface area (Å²) in [5, 5.41) is 0. The van der Waals surface area contributed by atoms with Crippen molar-refractivity contribution in [3.8, 4) is 0 Å². The number of epoxide rings is 1. The molecule has 0 aromatic rings. The van der Waals surface area contributed by atoms with Gasteiger partial charge in [0.1, 0.15) is 19.3 Å². The summed E-state index contributed by atoms with van der Waals surface area (Å²) in [7, 11) is 1.29. The van der Waals surface area contributed by atoms with Gasteiger partial charge in [0.2, 0.25) is 0 Å². The fourth-order valence-corrected chi connectivity index (χ4v) is 6.77. The topological polar surface area (TPSA) is 107 Å². The van der Waals surface area contributed by atoms with Crippen LogP contribution in [0.3, 0.4) is 0 Å². The molecule has 0 bridgehead atoms. The van der Waals surface area contributed by atoms with Gasteiger partial charge in [-0.05, 0) is 77.0 Å². The van der Waals surface area contributed by atoms with Gasteiger partial charge in [0.15, 0.2) is 0 Å². The standard InChI is InChI=1S/C48H84NO8P/c1-6-8-9-10-11-12-13-14-15-19-22-25-28-31-34-37-41-53-43-45(44-55-58(51,52)54-42-40-49(3,4)5)56-48(50)39-36-33-30-27-24-21-18-16-17-20-23-26-29-32-35-38-47-46(7-2)57-47/h14-17,21,23-24,26,30,32-33,35,45-47H,6-13,18-20,22,25,27-29,31,34,36-44H2,1-5H3/b15-14-,17-16+,24-21+,26-23+,33-30+,35-32+. The van der Waals surface area contributed by atoms with E-state index in [9.17, 15) is 14.3 Å². The second kappa shape index (κ2) is 36.7. The Balaban J connectivity index is 2.26. The monoisotopic (exact) mass is 834 g/mol. The maximum absolute atomic E-state index is 12.7. The third kappa shape index (κ3) is 36.9. The lowest BCUT2D eigenvalue weighted by atomic mass is 10.1. The van der Waals surface area contributed by atoms with Gasteiger partial charge >= 0.3 is 5.97 Å². The summed E-state index contributed by atoms with van der Waals surface area (Å²) >= 11 is 0. The lowest BCUT2D eigenvalue weighted by molar-refractivity contribution is -0.870. The molecule has 0 aromatic heterocycles. The molecule has 1 aliphatic heterocycles. The zero-order chi connectivity index (χ0) is 42.4. The van der Waals surface area contributed by atoms with Crippen molar-refractivity contribution < 1.29 is 42.0 Å². The number of unbranched alkanes of at least 4 members (excludes halogenated alkanes) is 12. The zero-order valence-electron chi connectivity index (χ0n) is 37.4. The van der Waals surface area contributed by atoms with E-state index in [0.29, 0.717) is 36.3 Å². The maximum Gasteiger partial charge on any atom is 0.306 e. The Morgan fingerprint density at radius 1 is 0.638 bits per heavy atom. The minimum absolute atomic E-state index is 0.00624. The van der Waals surface area contributed by atoms with Gasteiger partial charge in [0.25, 0.3) is 7.82 Å². The molecular formula is C48H84NO8P. The molecule has 334 valence electrons. The first-order valence-corrected chi connectivity index (χ1v) is 24.3. The Kier molecular flexibility index (Phi) is 34.1. The first kappa shape index (κ1) is 53.9. The predicted molar refractivity (Wildman–Crippen MR) is 240 cm³/mol. The van der Waals surface area contributed by atoms with Crippen molar-refractivity contribution in [1.82, 2.24) is 0 Å². The molecule has 10 heteroatoms. The summed E-state index contributed by atoms with van der Waals surface area (Å²) in [5.41, 5.74) is 0. The fourth-order valence-electron chi connectivity index (χ4n) is 6.04. The molecule has 0 spiro atoms. The number of hydrogen-bond acceptors (Lipinski definition) is 8. The molecule has 1 heterocycles. The molecule has 1 saturated heterocycles. The highest BCUT2D eigenvalue weighted by atomic mass is 31.2. The molecule has 0 radical (unpaired) electrons. The van der Waals surface area contributed by atoms with E-state index in [4.69, 9.17) is 23.3 Å². The molecule has 0 aliphatic carbocycles. The van der Waals surface area contributed by atoms with Crippen molar-refractivity contribution in [3.05, 3.63) is 72.9 Å². The number of carbonyl (C=O) groups excluding carboxylic acids is 1. The molecule has 1 rings (SSSR count). The minimum Gasteiger partial charge on any atom is -0.756 e. The van der Waals surface area contributed by atoms with Gasteiger partial charge in [-0.3, -0.25) is 9.36 Å². The number of rotatable bonds is 40. The van der Waals surface area contributed by atoms with Crippen LogP contribution in [0.25, 0.3) is 0 Å². The summed E-state index contributed by atoms with van der Waals surface area (Å²) in [5.74, 6) is -0.422. The average molecular weight is 834 g/mol. The van der Waals surface area contributed by atoms with Gasteiger partial charge in [-0.2, -0.15) is 0 Å². The number of allylic oxidation sites excluding steroid dienone is 11. The number of hydrogen-bond donors (Lipinski definition) is 0. The summed E-state index contributed by atoms with van der Waals surface area (Å²) in [6.07, 6.45) is 49.8. The number of esters is 1. The van der Waals surface area contributed by atoms with Crippen molar-refractivity contribution in [2.75, 3.05) is 54.1 Å². The van der Waals surface area contributed by atoms with Gasteiger partial charge in [-0.25, -0.2) is 0 Å². The van der Waals surface area contributed by atoms with Gasteiger partial charge < -0.3 is 32.6 Å². The van der Waals surface area contributed by atoms with E-state index in [-0.39, 0.29) is 26.2 Å². The first-order valence-electron chi connectivity index (χ1n) is 22.8. The quantitative estimate of drug-likeness (QED) is 0.0150. The van der Waals surface area contributed by atoms with Crippen LogP contribution < -0.4 is 4.89 Å². The van der Waals surface area contributed by atoms with Crippen molar-refractivity contribution in [3.63, 3.8) is 0 Å². The summed E-state index contributed by atoms with van der Waals surface area (Å²) in [4.78, 5) is 25.0. The highest BCUT2D eigenvalue weighted by Crippen LogP contribution is 2.38. The van der Waals surface area contributed by atoms with E-state index in [1.54, 1.807) is 0 Å². The van der Waals surface area contributed by atoms with Crippen LogP contribution in [0.5, 0.6) is 0 Å². The number of quaternary nitrogens is 1. The van der Waals surface area contributed by atoms with Crippen molar-refractivity contribution >= 4 is 13.8 Å². The summed E-state index contributed by atoms with van der Waals surface area (Å²) in [6, 6.07) is 0. The van der Waals surface area contributed by atoms with Crippen LogP contribution in [-0.2, 0) is 32.6 Å². The van der Waals surface area contributed by atoms with Crippen LogP contribution in [-0.4, -0.2) is 82.9 Å². The lowest BCUT2D eigenvalue weighted by Gasteiger charge is -2.28. The Bertz CT molecular complexity index is 1220. The largest absolute Gasteiger partial charge is 0.756 e. The smallest absolute Gasteiger partial charge is 0.306 e. The molecule has 0 N–H and O–H groups in total. The molecule has 0 aromatic carbocycles. The summed E-state index contributed by atoms with van der Waals surface area (Å²) < 4.78 is 40.1. The summed E-state index contributed by atoms with van der Waals surface area (Å²) in [6.45, 7) is 5.17. The maximum atomic E-state index is 12.7. The molecule has 9 nitrogen and oxygen atoms in total. The predicted octanol–water partition coefficient (Wildman–Crippen LogP) is 11.8. The molecule has 0 saturated carbocycles. The van der Waals surface area contributed by atoms with Crippen LogP contribution in [0.4, 0.5) is 0 Å². The normalized spacial score (nSPS) is 17.9. The van der Waals surface area contributed by atoms with Crippen LogP contribution in [0.1, 0.15) is 155 Å². The lowest BCUT2D eigenvalue weighted by Crippen LogP contribution is -2.37. The van der Waals surface area contributed by atoms with Crippen LogP contribution in [0, 0.1) is 0 Å². The number of phosphoric acid groups is 1. The fraction of sp³-hybridized carbons (Fsp3) is 0.729. The molecular weight excluding hydrogens is 750 g/mol. The van der Waals surface area contributed by atoms with Crippen molar-refractivity contribution in [2.24, 2.45) is 0 Å². The molecule has 4 unspecified atom stereocenters. The number of phosphoric ester groups is 1. The number of carbonyl (C=O) groups is 1. The SMILES string of the molecule is CCCCCCCC/C=C\CCCCCCCCOCC(COP(=O)([O-])OCC[N+](C)(C)C)OC(=O)CC/C=C/C/C=C/C/C=C/C/C=C/C/C=C/CC1OC1CC. The number of likely N-dealkylation sites (N-methyl/N-ethyl adjacent to an activating group) is 1. The molecule has 1 fully saturated rings. The van der Waals surface area contributed by atoms with Gasteiger partial charge in [-0.15, -0.1) is 0 Å². The van der Waals surface area contributed by atoms with Crippen molar-refractivity contribution in [2.45, 2.75) is 173 Å². The first-order chi connectivity index (χ1) is 28.1. The van der Waals surface area contributed by atoms with E-state index < -0.39 is 19.9 Å². The Morgan fingerprint density at radius 3 is 1.71 bits per heavy atom. The van der Waals surface area contributed by atoms with Crippen molar-refractivity contribution in [1.29, 1.82) is 0 Å². The van der Waals surface area contributed by atoms with E-state index in [1.807, 2.05) is 33.3 Å². The third-order valence-corrected chi connectivity index (χ3v) is 10.7. The second-order valence-corrected chi connectivity index (χ2v) is 17.8. The van der Waals surface area contributed by atoms with E-state index in [0.717, 1.165) is 57.8 Å². The Hall–Kier alpha value is -2.10.